The number of carboxylic acid groups (broad SMARTS) is 1. The summed E-state index contributed by atoms with van der Waals surface area (Å²) in [7, 11) is 0. The maximum Gasteiger partial charge on any atom is 0.408 e. The first-order valence-corrected chi connectivity index (χ1v) is 14.4. The number of nitrogens with one attached hydrogen (secondary N) is 2. The van der Waals surface area contributed by atoms with Crippen LogP contribution in [0, 0.1) is 5.92 Å². The van der Waals surface area contributed by atoms with Crippen LogP contribution in [0.2, 0.25) is 0 Å². The molecule has 2 aliphatic carbocycles. The summed E-state index contributed by atoms with van der Waals surface area (Å²) >= 11 is 0. The smallest absolute Gasteiger partial charge is 0.408 e. The lowest BCUT2D eigenvalue weighted by Gasteiger charge is -2.29. The van der Waals surface area contributed by atoms with E-state index in [1.165, 1.54) is 4.90 Å². The summed E-state index contributed by atoms with van der Waals surface area (Å²) in [6.07, 6.45) is 13.5. The standard InChI is InChI=1S/C29H38N4O7/c34-25-24-16-22(39-21-12-14-30-15-13-21)18-33(24)26(35)23(31-28(38)40-20-9-6-7-10-20)11-5-3-1-2-4-8-19-17-29(19,32-25)27(36)37/h4,8,12-15,19-20,22-24H,1-3,5-7,9-11,16-18H2,(H,31,38)(H,32,34)(H,36,37). The third-order valence-electron chi connectivity index (χ3n) is 8.44. The summed E-state index contributed by atoms with van der Waals surface area (Å²) in [6.45, 7) is 0.124. The van der Waals surface area contributed by atoms with Crippen molar-refractivity contribution in [3.05, 3.63) is 36.7 Å². The molecule has 5 rings (SSSR count). The number of ether oxygens (including phenoxy) is 2. The van der Waals surface area contributed by atoms with E-state index in [9.17, 15) is 24.3 Å². The molecule has 1 aromatic heterocycles. The molecule has 0 spiro atoms. The molecule has 3 amide bonds. The predicted molar refractivity (Wildman–Crippen MR) is 143 cm³/mol. The van der Waals surface area contributed by atoms with Crippen molar-refractivity contribution >= 4 is 23.9 Å². The number of fused-ring (bicyclic) bond motifs is 2. The molecule has 3 heterocycles. The van der Waals surface area contributed by atoms with Crippen LogP contribution in [-0.2, 0) is 19.1 Å². The van der Waals surface area contributed by atoms with E-state index in [1.807, 2.05) is 12.2 Å². The quantitative estimate of drug-likeness (QED) is 0.471. The molecular formula is C29H38N4O7. The van der Waals surface area contributed by atoms with Gasteiger partial charge >= 0.3 is 12.1 Å². The van der Waals surface area contributed by atoms with Crippen LogP contribution in [0.1, 0.15) is 70.6 Å². The molecule has 4 aliphatic rings. The largest absolute Gasteiger partial charge is 0.488 e. The second kappa shape index (κ2) is 12.3. The average Bonchev–Trinajstić information content (AvgIpc) is 3.23. The molecule has 0 aromatic carbocycles. The van der Waals surface area contributed by atoms with E-state index < -0.39 is 47.6 Å². The summed E-state index contributed by atoms with van der Waals surface area (Å²) in [5.74, 6) is -1.76. The fourth-order valence-corrected chi connectivity index (χ4v) is 6.09. The van der Waals surface area contributed by atoms with Crippen molar-refractivity contribution in [2.45, 2.75) is 100 Å². The van der Waals surface area contributed by atoms with Gasteiger partial charge in [-0.15, -0.1) is 0 Å². The van der Waals surface area contributed by atoms with Gasteiger partial charge in [0.05, 0.1) is 6.54 Å². The fraction of sp³-hybridized carbons (Fsp3) is 0.621. The lowest BCUT2D eigenvalue weighted by atomic mass is 10.0. The molecule has 2 saturated carbocycles. The zero-order valence-corrected chi connectivity index (χ0v) is 22.6. The van der Waals surface area contributed by atoms with Crippen LogP contribution < -0.4 is 15.4 Å². The highest BCUT2D eigenvalue weighted by atomic mass is 16.6. The molecule has 40 heavy (non-hydrogen) atoms. The third-order valence-corrected chi connectivity index (χ3v) is 8.44. The number of hydrogen-bond acceptors (Lipinski definition) is 7. The van der Waals surface area contributed by atoms with Gasteiger partial charge in [-0.2, -0.15) is 0 Å². The summed E-state index contributed by atoms with van der Waals surface area (Å²) in [5.41, 5.74) is -1.38. The Bertz CT molecular complexity index is 1120. The van der Waals surface area contributed by atoms with Crippen molar-refractivity contribution in [2.75, 3.05) is 6.54 Å². The maximum atomic E-state index is 14.0. The minimum atomic E-state index is -1.38. The number of carbonyl (C=O) groups excluding carboxylic acids is 3. The zero-order chi connectivity index (χ0) is 28.1. The summed E-state index contributed by atoms with van der Waals surface area (Å²) in [4.78, 5) is 58.0. The number of hydrogen-bond donors (Lipinski definition) is 3. The zero-order valence-electron chi connectivity index (χ0n) is 22.6. The van der Waals surface area contributed by atoms with Crippen molar-refractivity contribution in [3.63, 3.8) is 0 Å². The number of carboxylic acids is 1. The summed E-state index contributed by atoms with van der Waals surface area (Å²) in [6, 6.07) is 1.58. The minimum absolute atomic E-state index is 0.124. The number of carbonyl (C=O) groups is 4. The third kappa shape index (κ3) is 6.39. The molecule has 0 radical (unpaired) electrons. The number of allylic oxidation sites excluding steroid dienone is 1. The van der Waals surface area contributed by atoms with E-state index in [0.717, 1.165) is 44.9 Å². The summed E-state index contributed by atoms with van der Waals surface area (Å²) in [5, 5.41) is 15.5. The Morgan fingerprint density at radius 2 is 1.80 bits per heavy atom. The number of aromatic nitrogens is 1. The summed E-state index contributed by atoms with van der Waals surface area (Å²) < 4.78 is 11.7. The maximum absolute atomic E-state index is 14.0. The fourth-order valence-electron chi connectivity index (χ4n) is 6.09. The normalized spacial score (nSPS) is 31.2. The minimum Gasteiger partial charge on any atom is -0.488 e. The Morgan fingerprint density at radius 3 is 2.55 bits per heavy atom. The number of aliphatic carboxylic acids is 1. The number of nitrogens with zero attached hydrogens (tertiary/aromatic N) is 2. The first-order chi connectivity index (χ1) is 19.4. The van der Waals surface area contributed by atoms with Crippen LogP contribution in [0.15, 0.2) is 36.7 Å². The molecule has 3 fully saturated rings. The molecule has 0 bridgehead atoms. The SMILES string of the molecule is O=C(NC1CCCCCC=CC2CC2(C(=O)O)NC(=O)C2CC(Oc3ccncc3)CN2C1=O)OC1CCCC1. The van der Waals surface area contributed by atoms with Crippen molar-refractivity contribution in [3.8, 4) is 5.75 Å². The van der Waals surface area contributed by atoms with Gasteiger partial charge in [-0.1, -0.05) is 25.0 Å². The highest BCUT2D eigenvalue weighted by Gasteiger charge is 2.61. The number of amides is 3. The lowest BCUT2D eigenvalue weighted by molar-refractivity contribution is -0.145. The number of pyridine rings is 1. The molecule has 11 heteroatoms. The van der Waals surface area contributed by atoms with Gasteiger partial charge in [0.2, 0.25) is 11.8 Å². The number of rotatable bonds is 5. The molecule has 5 atom stereocenters. The molecule has 216 valence electrons. The van der Waals surface area contributed by atoms with E-state index in [0.29, 0.717) is 25.0 Å². The van der Waals surface area contributed by atoms with E-state index >= 15 is 0 Å². The Balaban J connectivity index is 1.38. The van der Waals surface area contributed by atoms with Gasteiger partial charge in [0, 0.05) is 24.7 Å². The van der Waals surface area contributed by atoms with Gasteiger partial charge < -0.3 is 30.1 Å². The van der Waals surface area contributed by atoms with Crippen LogP contribution in [-0.4, -0.2) is 75.2 Å². The molecule has 5 unspecified atom stereocenters. The monoisotopic (exact) mass is 554 g/mol. The van der Waals surface area contributed by atoms with Crippen LogP contribution in [0.4, 0.5) is 4.79 Å². The first kappa shape index (κ1) is 27.9. The average molecular weight is 555 g/mol. The topological polar surface area (TPSA) is 147 Å². The predicted octanol–water partition coefficient (Wildman–Crippen LogP) is 2.95. The van der Waals surface area contributed by atoms with Crippen LogP contribution in [0.5, 0.6) is 5.75 Å². The Labute approximate surface area is 233 Å². The molecular weight excluding hydrogens is 516 g/mol. The molecule has 1 aromatic rings. The molecule has 1 saturated heterocycles. The second-order valence-corrected chi connectivity index (χ2v) is 11.3. The van der Waals surface area contributed by atoms with Crippen LogP contribution in [0.3, 0.4) is 0 Å². The van der Waals surface area contributed by atoms with E-state index in [-0.39, 0.29) is 25.0 Å². The van der Waals surface area contributed by atoms with E-state index in [4.69, 9.17) is 9.47 Å². The van der Waals surface area contributed by atoms with E-state index in [2.05, 4.69) is 15.6 Å². The van der Waals surface area contributed by atoms with Gasteiger partial charge in [-0.25, -0.2) is 9.59 Å². The van der Waals surface area contributed by atoms with Gasteiger partial charge in [0.1, 0.15) is 35.6 Å². The van der Waals surface area contributed by atoms with Crippen molar-refractivity contribution < 1.29 is 33.8 Å². The van der Waals surface area contributed by atoms with Crippen LogP contribution in [0.25, 0.3) is 0 Å². The lowest BCUT2D eigenvalue weighted by Crippen LogP contribution is -2.56. The second-order valence-electron chi connectivity index (χ2n) is 11.3. The molecule has 2 aliphatic heterocycles. The van der Waals surface area contributed by atoms with E-state index in [1.54, 1.807) is 24.5 Å². The highest BCUT2D eigenvalue weighted by molar-refractivity contribution is 5.96. The Hall–Kier alpha value is -3.63. The van der Waals surface area contributed by atoms with Crippen molar-refractivity contribution in [1.29, 1.82) is 0 Å². The van der Waals surface area contributed by atoms with Gasteiger partial charge in [0.15, 0.2) is 0 Å². The van der Waals surface area contributed by atoms with Crippen molar-refractivity contribution in [1.82, 2.24) is 20.5 Å². The molecule has 3 N–H and O–H groups in total. The van der Waals surface area contributed by atoms with Gasteiger partial charge in [-0.05, 0) is 63.5 Å². The van der Waals surface area contributed by atoms with Crippen molar-refractivity contribution in [2.24, 2.45) is 5.92 Å². The van der Waals surface area contributed by atoms with Gasteiger partial charge in [0.25, 0.3) is 0 Å². The van der Waals surface area contributed by atoms with Crippen LogP contribution >= 0.6 is 0 Å². The first-order valence-electron chi connectivity index (χ1n) is 14.4. The Kier molecular flexibility index (Phi) is 8.56. The number of alkyl carbamates (subject to hydrolysis) is 1. The van der Waals surface area contributed by atoms with Gasteiger partial charge in [-0.3, -0.25) is 14.6 Å². The highest BCUT2D eigenvalue weighted by Crippen LogP contribution is 2.45. The molecule has 11 nitrogen and oxygen atoms in total. The Morgan fingerprint density at radius 1 is 1.05 bits per heavy atom.